The third-order valence-corrected chi connectivity index (χ3v) is 5.40. The second-order valence-electron chi connectivity index (χ2n) is 7.45. The number of carbonyl (C=O) groups excluding carboxylic acids is 1. The van der Waals surface area contributed by atoms with Gasteiger partial charge in [-0.25, -0.2) is 4.68 Å². The zero-order chi connectivity index (χ0) is 18.1. The summed E-state index contributed by atoms with van der Waals surface area (Å²) in [6.07, 6.45) is 1.07. The van der Waals surface area contributed by atoms with Crippen molar-refractivity contribution in [3.63, 3.8) is 0 Å². The molecule has 1 unspecified atom stereocenters. The Morgan fingerprint density at radius 1 is 1.27 bits per heavy atom. The predicted molar refractivity (Wildman–Crippen MR) is 99.2 cm³/mol. The lowest BCUT2D eigenvalue weighted by atomic mass is 9.95. The first-order chi connectivity index (χ1) is 12.6. The van der Waals surface area contributed by atoms with E-state index in [-0.39, 0.29) is 5.91 Å². The zero-order valence-corrected chi connectivity index (χ0v) is 15.4. The van der Waals surface area contributed by atoms with E-state index in [9.17, 15) is 4.79 Å². The van der Waals surface area contributed by atoms with Gasteiger partial charge in [-0.05, 0) is 23.5 Å². The van der Waals surface area contributed by atoms with E-state index < -0.39 is 0 Å². The summed E-state index contributed by atoms with van der Waals surface area (Å²) >= 11 is 0. The maximum atomic E-state index is 12.5. The fourth-order valence-corrected chi connectivity index (χ4v) is 3.90. The van der Waals surface area contributed by atoms with Gasteiger partial charge in [-0.2, -0.15) is 5.10 Å². The van der Waals surface area contributed by atoms with Gasteiger partial charge in [0.05, 0.1) is 6.54 Å². The summed E-state index contributed by atoms with van der Waals surface area (Å²) in [7, 11) is 0. The van der Waals surface area contributed by atoms with Gasteiger partial charge >= 0.3 is 0 Å². The number of benzene rings is 1. The van der Waals surface area contributed by atoms with Crippen LogP contribution in [0.1, 0.15) is 35.5 Å². The highest BCUT2D eigenvalue weighted by atomic mass is 16.5. The number of nitrogens with one attached hydrogen (secondary N) is 1. The molecule has 2 aliphatic rings. The topological polar surface area (TPSA) is 59.4 Å². The van der Waals surface area contributed by atoms with Crippen LogP contribution in [0.25, 0.3) is 0 Å². The molecule has 1 atom stereocenters. The molecule has 0 fully saturated rings. The number of rotatable bonds is 5. The average molecular weight is 354 g/mol. The van der Waals surface area contributed by atoms with Crippen molar-refractivity contribution >= 4 is 5.91 Å². The summed E-state index contributed by atoms with van der Waals surface area (Å²) < 4.78 is 7.18. The maximum Gasteiger partial charge on any atom is 0.271 e. The summed E-state index contributed by atoms with van der Waals surface area (Å²) in [4.78, 5) is 15.0. The Morgan fingerprint density at radius 3 is 2.85 bits per heavy atom. The lowest BCUT2D eigenvalue weighted by molar-refractivity contribution is 0.0898. The lowest BCUT2D eigenvalue weighted by Crippen LogP contribution is -2.48. The minimum absolute atomic E-state index is 0.126. The third kappa shape index (κ3) is 3.33. The second kappa shape index (κ2) is 7.11. The predicted octanol–water partition coefficient (Wildman–Crippen LogP) is 2.09. The molecule has 138 valence electrons. The van der Waals surface area contributed by atoms with Gasteiger partial charge in [-0.1, -0.05) is 38.1 Å². The molecule has 2 aliphatic heterocycles. The highest BCUT2D eigenvalue weighted by Gasteiger charge is 2.27. The van der Waals surface area contributed by atoms with E-state index in [1.165, 1.54) is 11.1 Å². The van der Waals surface area contributed by atoms with E-state index in [2.05, 4.69) is 53.4 Å². The van der Waals surface area contributed by atoms with E-state index >= 15 is 0 Å². The van der Waals surface area contributed by atoms with Crippen LogP contribution in [0.5, 0.6) is 5.88 Å². The highest BCUT2D eigenvalue weighted by molar-refractivity contribution is 5.92. The summed E-state index contributed by atoms with van der Waals surface area (Å²) in [6, 6.07) is 10.7. The van der Waals surface area contributed by atoms with Gasteiger partial charge in [0.1, 0.15) is 6.61 Å². The van der Waals surface area contributed by atoms with E-state index in [0.717, 1.165) is 19.5 Å². The number of fused-ring (bicyclic) bond motifs is 2. The first-order valence-electron chi connectivity index (χ1n) is 9.41. The zero-order valence-electron chi connectivity index (χ0n) is 15.4. The first kappa shape index (κ1) is 17.1. The van der Waals surface area contributed by atoms with Crippen molar-refractivity contribution in [2.24, 2.45) is 5.92 Å². The van der Waals surface area contributed by atoms with E-state index in [1.807, 2.05) is 0 Å². The van der Waals surface area contributed by atoms with E-state index in [0.29, 0.717) is 43.2 Å². The number of hydrogen-bond donors (Lipinski definition) is 1. The van der Waals surface area contributed by atoms with Gasteiger partial charge in [-0.3, -0.25) is 9.69 Å². The van der Waals surface area contributed by atoms with Crippen molar-refractivity contribution in [3.8, 4) is 5.88 Å². The number of amides is 1. The fourth-order valence-electron chi connectivity index (χ4n) is 3.90. The normalized spacial score (nSPS) is 17.5. The van der Waals surface area contributed by atoms with Crippen LogP contribution in [0.15, 0.2) is 30.3 Å². The molecule has 1 N–H and O–H groups in total. The number of carbonyl (C=O) groups is 1. The lowest BCUT2D eigenvalue weighted by Gasteiger charge is -2.37. The minimum atomic E-state index is -0.126. The summed E-state index contributed by atoms with van der Waals surface area (Å²) in [6.45, 7) is 8.39. The van der Waals surface area contributed by atoms with Crippen LogP contribution in [-0.2, 0) is 19.5 Å². The molecular weight excluding hydrogens is 328 g/mol. The summed E-state index contributed by atoms with van der Waals surface area (Å²) in [5.41, 5.74) is 3.28. The van der Waals surface area contributed by atoms with Crippen LogP contribution < -0.4 is 10.1 Å². The van der Waals surface area contributed by atoms with Gasteiger partial charge in [0.25, 0.3) is 5.91 Å². The molecule has 6 nitrogen and oxygen atoms in total. The smallest absolute Gasteiger partial charge is 0.271 e. The number of nitrogens with zero attached hydrogens (tertiary/aromatic N) is 3. The summed E-state index contributed by atoms with van der Waals surface area (Å²) in [5, 5.41) is 7.40. The van der Waals surface area contributed by atoms with Gasteiger partial charge in [-0.15, -0.1) is 0 Å². The number of hydrogen-bond acceptors (Lipinski definition) is 4. The van der Waals surface area contributed by atoms with Crippen molar-refractivity contribution in [1.29, 1.82) is 0 Å². The molecule has 0 radical (unpaired) electrons. The largest absolute Gasteiger partial charge is 0.476 e. The molecule has 1 amide bonds. The Balaban J connectivity index is 1.40. The molecule has 4 rings (SSSR count). The number of ether oxygens (including phenoxy) is 1. The van der Waals surface area contributed by atoms with Crippen LogP contribution in [0.2, 0.25) is 0 Å². The Bertz CT molecular complexity index is 777. The molecule has 0 spiro atoms. The molecule has 26 heavy (non-hydrogen) atoms. The molecule has 0 bridgehead atoms. The highest BCUT2D eigenvalue weighted by Crippen LogP contribution is 2.23. The molecule has 2 aromatic rings. The third-order valence-electron chi connectivity index (χ3n) is 5.40. The van der Waals surface area contributed by atoms with Crippen molar-refractivity contribution in [1.82, 2.24) is 20.0 Å². The van der Waals surface area contributed by atoms with Crippen LogP contribution in [0, 0.1) is 5.92 Å². The Kier molecular flexibility index (Phi) is 4.68. The van der Waals surface area contributed by atoms with Crippen LogP contribution in [0.3, 0.4) is 0 Å². The first-order valence-corrected chi connectivity index (χ1v) is 9.41. The molecule has 0 saturated carbocycles. The molecule has 6 heteroatoms. The monoisotopic (exact) mass is 354 g/mol. The van der Waals surface area contributed by atoms with Gasteiger partial charge in [0.15, 0.2) is 5.69 Å². The molecular formula is C20H26N4O2. The van der Waals surface area contributed by atoms with E-state index in [1.54, 1.807) is 10.7 Å². The Morgan fingerprint density at radius 2 is 2.08 bits per heavy atom. The fraction of sp³-hybridized carbons (Fsp3) is 0.500. The van der Waals surface area contributed by atoms with Crippen LogP contribution >= 0.6 is 0 Å². The average Bonchev–Trinajstić information content (AvgIpc) is 3.23. The van der Waals surface area contributed by atoms with Crippen molar-refractivity contribution in [2.45, 2.75) is 39.4 Å². The maximum absolute atomic E-state index is 12.5. The van der Waals surface area contributed by atoms with Crippen molar-refractivity contribution < 1.29 is 9.53 Å². The molecule has 0 saturated heterocycles. The van der Waals surface area contributed by atoms with Crippen LogP contribution in [-0.4, -0.2) is 46.3 Å². The number of aromatic nitrogens is 2. The second-order valence-corrected chi connectivity index (χ2v) is 7.45. The van der Waals surface area contributed by atoms with Gasteiger partial charge < -0.3 is 10.1 Å². The SMILES string of the molecule is CC(C)C(CNC(=O)c1cc2n(n1)CCO2)N1CCc2ccccc2C1. The molecule has 1 aromatic heterocycles. The quantitative estimate of drug-likeness (QED) is 0.893. The van der Waals surface area contributed by atoms with E-state index in [4.69, 9.17) is 4.74 Å². The van der Waals surface area contributed by atoms with Gasteiger partial charge in [0, 0.05) is 31.7 Å². The van der Waals surface area contributed by atoms with Crippen molar-refractivity contribution in [2.75, 3.05) is 19.7 Å². The van der Waals surface area contributed by atoms with Crippen molar-refractivity contribution in [3.05, 3.63) is 47.2 Å². The molecule has 0 aliphatic carbocycles. The molecule has 1 aromatic carbocycles. The Hall–Kier alpha value is -2.34. The Labute approximate surface area is 154 Å². The van der Waals surface area contributed by atoms with Gasteiger partial charge in [0.2, 0.25) is 5.88 Å². The minimum Gasteiger partial charge on any atom is -0.476 e. The summed E-state index contributed by atoms with van der Waals surface area (Å²) in [5.74, 6) is 1.01. The molecule has 3 heterocycles. The standard InChI is InChI=1S/C20H26N4O2/c1-14(2)18(23-8-7-15-5-3-4-6-16(15)13-23)12-21-20(25)17-11-19-24(22-17)9-10-26-19/h3-6,11,14,18H,7-10,12-13H2,1-2H3,(H,21,25). The van der Waals surface area contributed by atoms with Crippen LogP contribution in [0.4, 0.5) is 0 Å².